The molecule has 1 saturated heterocycles. The van der Waals surface area contributed by atoms with E-state index in [9.17, 15) is 4.79 Å². The lowest BCUT2D eigenvalue weighted by atomic mass is 10.1. The molecule has 1 aromatic heterocycles. The van der Waals surface area contributed by atoms with Crippen LogP contribution in [0.1, 0.15) is 28.2 Å². The second-order valence-corrected chi connectivity index (χ2v) is 5.65. The average Bonchev–Trinajstić information content (AvgIpc) is 2.72. The van der Waals surface area contributed by atoms with Gasteiger partial charge < -0.3 is 15.0 Å². The fraction of sp³-hybridized carbons (Fsp3) is 0.667. The van der Waals surface area contributed by atoms with Gasteiger partial charge in [0.2, 0.25) is 0 Å². The predicted octanol–water partition coefficient (Wildman–Crippen LogP) is 1.74. The highest BCUT2D eigenvalue weighted by Gasteiger charge is 2.20. The van der Waals surface area contributed by atoms with Crippen LogP contribution in [0.25, 0.3) is 0 Å². The van der Waals surface area contributed by atoms with Gasteiger partial charge in [-0.2, -0.15) is 0 Å². The lowest BCUT2D eigenvalue weighted by Crippen LogP contribution is -2.36. The number of methoxy groups -OCH3 is 1. The molecule has 1 aliphatic heterocycles. The molecule has 0 saturated carbocycles. The Bertz CT molecular complexity index is 425. The maximum Gasteiger partial charge on any atom is 0.350 e. The number of ether oxygens (including phenoxy) is 1. The molecule has 18 heavy (non-hydrogen) atoms. The number of aryl methyl sites for hydroxylation is 1. The van der Waals surface area contributed by atoms with Crippen molar-refractivity contribution in [1.29, 1.82) is 0 Å². The number of aromatic nitrogens is 1. The maximum atomic E-state index is 11.5. The zero-order valence-corrected chi connectivity index (χ0v) is 11.8. The van der Waals surface area contributed by atoms with E-state index < -0.39 is 0 Å². The third-order valence-corrected chi connectivity index (χ3v) is 4.28. The fourth-order valence-electron chi connectivity index (χ4n) is 2.07. The van der Waals surface area contributed by atoms with Gasteiger partial charge in [-0.3, -0.25) is 0 Å². The summed E-state index contributed by atoms with van der Waals surface area (Å²) in [6.45, 7) is 4.04. The van der Waals surface area contributed by atoms with E-state index in [0.717, 1.165) is 36.8 Å². The Balaban J connectivity index is 2.00. The van der Waals surface area contributed by atoms with Gasteiger partial charge in [0.1, 0.15) is 4.88 Å². The molecule has 0 radical (unpaired) electrons. The summed E-state index contributed by atoms with van der Waals surface area (Å²) in [7, 11) is 3.53. The number of esters is 1. The molecule has 0 aliphatic carbocycles. The summed E-state index contributed by atoms with van der Waals surface area (Å²) in [6, 6.07) is 0.456. The Morgan fingerprint density at radius 2 is 2.17 bits per heavy atom. The van der Waals surface area contributed by atoms with Crippen molar-refractivity contribution in [3.63, 3.8) is 0 Å². The monoisotopic (exact) mass is 269 g/mol. The van der Waals surface area contributed by atoms with Crippen LogP contribution in [-0.2, 0) is 4.74 Å². The number of hydrogen-bond acceptors (Lipinski definition) is 6. The molecule has 6 heteroatoms. The number of rotatable bonds is 3. The van der Waals surface area contributed by atoms with Crippen LogP contribution in [0, 0.1) is 6.92 Å². The Labute approximate surface area is 111 Å². The Morgan fingerprint density at radius 3 is 2.78 bits per heavy atom. The van der Waals surface area contributed by atoms with E-state index in [1.165, 1.54) is 18.4 Å². The van der Waals surface area contributed by atoms with E-state index in [1.807, 2.05) is 6.92 Å². The molecule has 1 fully saturated rings. The molecule has 2 rings (SSSR count). The van der Waals surface area contributed by atoms with Gasteiger partial charge in [0.25, 0.3) is 0 Å². The number of nitrogens with zero attached hydrogens (tertiary/aromatic N) is 2. The van der Waals surface area contributed by atoms with Gasteiger partial charge in [0.05, 0.1) is 12.8 Å². The SMILES string of the molecule is COC(=O)c1sc(NC2CCN(C)CC2)nc1C. The van der Waals surface area contributed by atoms with E-state index in [4.69, 9.17) is 4.74 Å². The topological polar surface area (TPSA) is 54.5 Å². The normalized spacial score (nSPS) is 17.7. The van der Waals surface area contributed by atoms with Crippen LogP contribution in [0.5, 0.6) is 0 Å². The first kappa shape index (κ1) is 13.3. The Kier molecular flexibility index (Phi) is 4.19. The van der Waals surface area contributed by atoms with Crippen LogP contribution in [0.3, 0.4) is 0 Å². The molecule has 1 N–H and O–H groups in total. The molecule has 2 heterocycles. The first-order chi connectivity index (χ1) is 8.60. The molecule has 0 atom stereocenters. The van der Waals surface area contributed by atoms with Crippen molar-refractivity contribution in [2.45, 2.75) is 25.8 Å². The summed E-state index contributed by atoms with van der Waals surface area (Å²) in [4.78, 5) is 18.8. The number of nitrogens with one attached hydrogen (secondary N) is 1. The maximum absolute atomic E-state index is 11.5. The van der Waals surface area contributed by atoms with Gasteiger partial charge in [-0.1, -0.05) is 11.3 Å². The van der Waals surface area contributed by atoms with Crippen molar-refractivity contribution in [2.24, 2.45) is 0 Å². The van der Waals surface area contributed by atoms with E-state index in [1.54, 1.807) is 0 Å². The summed E-state index contributed by atoms with van der Waals surface area (Å²) >= 11 is 1.38. The minimum atomic E-state index is -0.304. The number of anilines is 1. The number of carbonyl (C=O) groups excluding carboxylic acids is 1. The molecule has 5 nitrogen and oxygen atoms in total. The second-order valence-electron chi connectivity index (χ2n) is 4.65. The minimum Gasteiger partial charge on any atom is -0.465 e. The molecular weight excluding hydrogens is 250 g/mol. The van der Waals surface area contributed by atoms with Crippen molar-refractivity contribution in [3.05, 3.63) is 10.6 Å². The highest BCUT2D eigenvalue weighted by Crippen LogP contribution is 2.25. The van der Waals surface area contributed by atoms with Gasteiger partial charge in [0, 0.05) is 6.04 Å². The van der Waals surface area contributed by atoms with Gasteiger partial charge >= 0.3 is 5.97 Å². The Hall–Kier alpha value is -1.14. The minimum absolute atomic E-state index is 0.304. The number of hydrogen-bond donors (Lipinski definition) is 1. The first-order valence-electron chi connectivity index (χ1n) is 6.11. The van der Waals surface area contributed by atoms with Crippen molar-refractivity contribution in [1.82, 2.24) is 9.88 Å². The lowest BCUT2D eigenvalue weighted by molar-refractivity contribution is 0.0605. The molecule has 100 valence electrons. The Morgan fingerprint density at radius 1 is 1.50 bits per heavy atom. The molecule has 0 unspecified atom stereocenters. The van der Waals surface area contributed by atoms with Crippen LogP contribution < -0.4 is 5.32 Å². The van der Waals surface area contributed by atoms with Gasteiger partial charge in [-0.25, -0.2) is 9.78 Å². The molecule has 0 amide bonds. The summed E-state index contributed by atoms with van der Waals surface area (Å²) in [5.41, 5.74) is 0.738. The van der Waals surface area contributed by atoms with Crippen LogP contribution in [0.4, 0.5) is 5.13 Å². The van der Waals surface area contributed by atoms with Crippen LogP contribution >= 0.6 is 11.3 Å². The van der Waals surface area contributed by atoms with Crippen LogP contribution in [-0.4, -0.2) is 49.1 Å². The van der Waals surface area contributed by atoms with Crippen LogP contribution in [0.2, 0.25) is 0 Å². The smallest absolute Gasteiger partial charge is 0.350 e. The first-order valence-corrected chi connectivity index (χ1v) is 6.92. The van der Waals surface area contributed by atoms with E-state index in [2.05, 4.69) is 22.2 Å². The third-order valence-electron chi connectivity index (χ3n) is 3.21. The molecule has 0 spiro atoms. The summed E-state index contributed by atoms with van der Waals surface area (Å²) in [5, 5.41) is 4.24. The molecule has 1 aromatic rings. The standard InChI is InChI=1S/C12H19N3O2S/c1-8-10(11(16)17-3)18-12(13-8)14-9-4-6-15(2)7-5-9/h9H,4-7H2,1-3H3,(H,13,14). The average molecular weight is 269 g/mol. The number of likely N-dealkylation sites (tertiary alicyclic amines) is 1. The molecule has 0 bridgehead atoms. The molecule has 0 aromatic carbocycles. The summed E-state index contributed by atoms with van der Waals surface area (Å²) in [5.74, 6) is -0.304. The predicted molar refractivity (Wildman–Crippen MR) is 72.3 cm³/mol. The number of piperidine rings is 1. The lowest BCUT2D eigenvalue weighted by Gasteiger charge is -2.29. The van der Waals surface area contributed by atoms with E-state index >= 15 is 0 Å². The van der Waals surface area contributed by atoms with Gasteiger partial charge in [-0.15, -0.1) is 0 Å². The fourth-order valence-corrected chi connectivity index (χ4v) is 3.03. The zero-order valence-electron chi connectivity index (χ0n) is 11.0. The highest BCUT2D eigenvalue weighted by atomic mass is 32.1. The van der Waals surface area contributed by atoms with E-state index in [-0.39, 0.29) is 5.97 Å². The van der Waals surface area contributed by atoms with Crippen molar-refractivity contribution in [2.75, 3.05) is 32.6 Å². The van der Waals surface area contributed by atoms with Crippen LogP contribution in [0.15, 0.2) is 0 Å². The second kappa shape index (κ2) is 5.67. The van der Waals surface area contributed by atoms with Gasteiger partial charge in [0.15, 0.2) is 5.13 Å². The molecular formula is C12H19N3O2S. The summed E-state index contributed by atoms with van der Waals surface area (Å²) in [6.07, 6.45) is 2.23. The summed E-state index contributed by atoms with van der Waals surface area (Å²) < 4.78 is 4.73. The molecule has 1 aliphatic rings. The zero-order chi connectivity index (χ0) is 13.1. The largest absolute Gasteiger partial charge is 0.465 e. The third kappa shape index (κ3) is 3.00. The van der Waals surface area contributed by atoms with Crippen molar-refractivity contribution >= 4 is 22.4 Å². The van der Waals surface area contributed by atoms with Crippen molar-refractivity contribution in [3.8, 4) is 0 Å². The van der Waals surface area contributed by atoms with E-state index in [0.29, 0.717) is 10.9 Å². The highest BCUT2D eigenvalue weighted by molar-refractivity contribution is 7.17. The van der Waals surface area contributed by atoms with Crippen molar-refractivity contribution < 1.29 is 9.53 Å². The number of carbonyl (C=O) groups is 1. The van der Waals surface area contributed by atoms with Gasteiger partial charge in [-0.05, 0) is 39.9 Å². The number of thiazole rings is 1. The quantitative estimate of drug-likeness (QED) is 0.847.